The van der Waals surface area contributed by atoms with Gasteiger partial charge in [-0.2, -0.15) is 4.39 Å². The average Bonchev–Trinajstić information content (AvgIpc) is 2.01. The Morgan fingerprint density at radius 2 is 1.93 bits per heavy atom. The van der Waals surface area contributed by atoms with Crippen molar-refractivity contribution in [2.45, 2.75) is 32.2 Å². The minimum Gasteiger partial charge on any atom is -0.456 e. The zero-order valence-electron chi connectivity index (χ0n) is 8.80. The normalized spacial score (nSPS) is 16.1. The van der Waals surface area contributed by atoms with Crippen molar-refractivity contribution in [3.8, 4) is 0 Å². The fourth-order valence-corrected chi connectivity index (χ4v) is 0.681. The molecule has 0 radical (unpaired) electrons. The van der Waals surface area contributed by atoms with Gasteiger partial charge < -0.3 is 9.47 Å². The van der Waals surface area contributed by atoms with Gasteiger partial charge in [0.2, 0.25) is 0 Å². The lowest BCUT2D eigenvalue weighted by molar-refractivity contribution is -0.223. The number of halogens is 1. The van der Waals surface area contributed by atoms with Crippen LogP contribution >= 0.6 is 0 Å². The number of hydrogen-bond acceptors (Lipinski definition) is 5. The summed E-state index contributed by atoms with van der Waals surface area (Å²) in [6.45, 7) is 4.20. The summed E-state index contributed by atoms with van der Waals surface area (Å²) in [5, 5.41) is 0. The van der Waals surface area contributed by atoms with Crippen LogP contribution in [0.2, 0.25) is 0 Å². The molecule has 0 bridgehead atoms. The van der Waals surface area contributed by atoms with E-state index < -0.39 is 24.0 Å². The molecule has 0 amide bonds. The van der Waals surface area contributed by atoms with Crippen molar-refractivity contribution in [2.75, 3.05) is 13.7 Å². The lowest BCUT2D eigenvalue weighted by Gasteiger charge is -2.26. The van der Waals surface area contributed by atoms with Crippen LogP contribution in [0.1, 0.15) is 20.8 Å². The standard InChI is InChI=1S/C8H16FNO4/c1-7(2,3)13-6(11)8(9,14-10)5-12-4/h5,10H2,1-4H3/t8-/m0/s1. The molecule has 0 aromatic carbocycles. The third-order valence-corrected chi connectivity index (χ3v) is 1.22. The summed E-state index contributed by atoms with van der Waals surface area (Å²) in [5.74, 6) is 0.709. The van der Waals surface area contributed by atoms with E-state index >= 15 is 0 Å². The molecular weight excluding hydrogens is 193 g/mol. The summed E-state index contributed by atoms with van der Waals surface area (Å²) < 4.78 is 22.7. The van der Waals surface area contributed by atoms with Crippen LogP contribution in [0, 0.1) is 0 Å². The van der Waals surface area contributed by atoms with Crippen molar-refractivity contribution in [3.05, 3.63) is 0 Å². The van der Waals surface area contributed by atoms with Crippen LogP contribution in [-0.2, 0) is 19.1 Å². The number of carbonyl (C=O) groups is 1. The van der Waals surface area contributed by atoms with Gasteiger partial charge in [-0.1, -0.05) is 0 Å². The maximum atomic E-state index is 13.5. The highest BCUT2D eigenvalue weighted by Crippen LogP contribution is 2.18. The van der Waals surface area contributed by atoms with Gasteiger partial charge in [0.1, 0.15) is 12.2 Å². The molecule has 5 nitrogen and oxygen atoms in total. The lowest BCUT2D eigenvalue weighted by Crippen LogP contribution is -2.47. The van der Waals surface area contributed by atoms with Crippen LogP contribution in [0.25, 0.3) is 0 Å². The molecule has 0 fully saturated rings. The van der Waals surface area contributed by atoms with Crippen LogP contribution in [0.15, 0.2) is 0 Å². The molecule has 0 aromatic heterocycles. The molecule has 14 heavy (non-hydrogen) atoms. The third kappa shape index (κ3) is 3.99. The molecule has 0 aliphatic rings. The minimum atomic E-state index is -2.75. The van der Waals surface area contributed by atoms with Crippen molar-refractivity contribution in [3.63, 3.8) is 0 Å². The van der Waals surface area contributed by atoms with Crippen molar-refractivity contribution < 1.29 is 23.5 Å². The van der Waals surface area contributed by atoms with E-state index in [2.05, 4.69) is 15.5 Å². The summed E-state index contributed by atoms with van der Waals surface area (Å²) in [7, 11) is 1.22. The molecule has 0 heterocycles. The number of carbonyl (C=O) groups excluding carboxylic acids is 1. The van der Waals surface area contributed by atoms with E-state index in [1.807, 2.05) is 0 Å². The Kier molecular flexibility index (Phi) is 4.44. The first-order chi connectivity index (χ1) is 6.25. The second-order valence-corrected chi connectivity index (χ2v) is 3.78. The summed E-state index contributed by atoms with van der Waals surface area (Å²) >= 11 is 0. The quantitative estimate of drug-likeness (QED) is 0.540. The topological polar surface area (TPSA) is 70.8 Å². The second kappa shape index (κ2) is 4.68. The molecule has 0 saturated heterocycles. The molecule has 1 atom stereocenters. The SMILES string of the molecule is COC[C@](F)(ON)C(=O)OC(C)(C)C. The Bertz CT molecular complexity index is 204. The van der Waals surface area contributed by atoms with Gasteiger partial charge in [0.25, 0.3) is 0 Å². The van der Waals surface area contributed by atoms with Gasteiger partial charge in [-0.05, 0) is 20.8 Å². The second-order valence-electron chi connectivity index (χ2n) is 3.78. The van der Waals surface area contributed by atoms with Gasteiger partial charge in [0, 0.05) is 7.11 Å². The molecule has 0 saturated carbocycles. The minimum absolute atomic E-state index is 0.613. The van der Waals surface area contributed by atoms with Crippen molar-refractivity contribution in [1.29, 1.82) is 0 Å². The van der Waals surface area contributed by atoms with Crippen LogP contribution in [-0.4, -0.2) is 31.1 Å². The molecule has 6 heteroatoms. The van der Waals surface area contributed by atoms with E-state index in [-0.39, 0.29) is 0 Å². The van der Waals surface area contributed by atoms with Gasteiger partial charge in [0.05, 0.1) is 0 Å². The molecule has 0 unspecified atom stereocenters. The Balaban J connectivity index is 4.46. The molecule has 0 aliphatic carbocycles. The van der Waals surface area contributed by atoms with E-state index in [0.29, 0.717) is 0 Å². The maximum absolute atomic E-state index is 13.5. The monoisotopic (exact) mass is 209 g/mol. The highest BCUT2D eigenvalue weighted by molar-refractivity contribution is 5.78. The molecule has 0 aliphatic heterocycles. The number of esters is 1. The first-order valence-electron chi connectivity index (χ1n) is 4.04. The molecule has 84 valence electrons. The van der Waals surface area contributed by atoms with E-state index in [0.717, 1.165) is 0 Å². The van der Waals surface area contributed by atoms with E-state index in [1.54, 1.807) is 20.8 Å². The Hall–Kier alpha value is -0.720. The summed E-state index contributed by atoms with van der Waals surface area (Å²) in [5.41, 5.74) is -0.805. The summed E-state index contributed by atoms with van der Waals surface area (Å²) in [6.07, 6.45) is 0. The zero-order chi connectivity index (χ0) is 11.4. The maximum Gasteiger partial charge on any atom is 0.376 e. The van der Waals surface area contributed by atoms with Gasteiger partial charge in [-0.15, -0.1) is 0 Å². The highest BCUT2D eigenvalue weighted by Gasteiger charge is 2.43. The van der Waals surface area contributed by atoms with E-state index in [1.165, 1.54) is 7.11 Å². The molecule has 2 N–H and O–H groups in total. The average molecular weight is 209 g/mol. The van der Waals surface area contributed by atoms with E-state index in [4.69, 9.17) is 4.74 Å². The van der Waals surface area contributed by atoms with Gasteiger partial charge in [-0.3, -0.25) is 4.84 Å². The number of alkyl halides is 1. The molecule has 0 spiro atoms. The number of ether oxygens (including phenoxy) is 2. The molecule has 0 rings (SSSR count). The van der Waals surface area contributed by atoms with Crippen molar-refractivity contribution in [2.24, 2.45) is 5.90 Å². The van der Waals surface area contributed by atoms with Crippen molar-refractivity contribution >= 4 is 5.97 Å². The number of nitrogens with two attached hydrogens (primary N) is 1. The summed E-state index contributed by atoms with van der Waals surface area (Å²) in [6, 6.07) is 0. The fourth-order valence-electron chi connectivity index (χ4n) is 0.681. The zero-order valence-corrected chi connectivity index (χ0v) is 8.80. The van der Waals surface area contributed by atoms with Crippen LogP contribution in [0.4, 0.5) is 4.39 Å². The van der Waals surface area contributed by atoms with Crippen LogP contribution < -0.4 is 5.90 Å². The van der Waals surface area contributed by atoms with Gasteiger partial charge in [0.15, 0.2) is 0 Å². The number of hydrogen-bond donors (Lipinski definition) is 1. The van der Waals surface area contributed by atoms with Crippen LogP contribution in [0.3, 0.4) is 0 Å². The fraction of sp³-hybridized carbons (Fsp3) is 0.875. The Labute approximate surface area is 82.3 Å². The van der Waals surface area contributed by atoms with Gasteiger partial charge in [-0.25, -0.2) is 10.7 Å². The Morgan fingerprint density at radius 3 is 2.21 bits per heavy atom. The molecule has 0 aromatic rings. The predicted molar refractivity (Wildman–Crippen MR) is 46.8 cm³/mol. The first-order valence-corrected chi connectivity index (χ1v) is 4.04. The first kappa shape index (κ1) is 13.3. The molecular formula is C8H16FNO4. The van der Waals surface area contributed by atoms with Crippen molar-refractivity contribution in [1.82, 2.24) is 0 Å². The smallest absolute Gasteiger partial charge is 0.376 e. The van der Waals surface area contributed by atoms with E-state index in [9.17, 15) is 9.18 Å². The Morgan fingerprint density at radius 1 is 1.43 bits per heavy atom. The lowest BCUT2D eigenvalue weighted by atomic mass is 10.2. The predicted octanol–water partition coefficient (Wildman–Crippen LogP) is 0.531. The highest BCUT2D eigenvalue weighted by atomic mass is 19.2. The number of methoxy groups -OCH3 is 1. The van der Waals surface area contributed by atoms with Gasteiger partial charge >= 0.3 is 11.8 Å². The van der Waals surface area contributed by atoms with Crippen LogP contribution in [0.5, 0.6) is 0 Å². The largest absolute Gasteiger partial charge is 0.456 e. The number of rotatable bonds is 4. The summed E-state index contributed by atoms with van der Waals surface area (Å²) in [4.78, 5) is 15.1. The third-order valence-electron chi connectivity index (χ3n) is 1.22.